The third-order valence-electron chi connectivity index (χ3n) is 2.82. The fraction of sp³-hybridized carbons (Fsp3) is 1.00. The lowest BCUT2D eigenvalue weighted by Gasteiger charge is -2.33. The SMILES string of the molecule is COCCS(=O)(=O)N1CCC(C)C(O)C1. The molecule has 0 saturated carbocycles. The van der Waals surface area contributed by atoms with Crippen molar-refractivity contribution in [1.29, 1.82) is 0 Å². The minimum atomic E-state index is -3.25. The Bertz CT molecular complexity index is 290. The van der Waals surface area contributed by atoms with Crippen LogP contribution in [-0.2, 0) is 14.8 Å². The number of aliphatic hydroxyl groups is 1. The van der Waals surface area contributed by atoms with Gasteiger partial charge in [0.15, 0.2) is 0 Å². The lowest BCUT2D eigenvalue weighted by atomic mass is 9.98. The van der Waals surface area contributed by atoms with Crippen molar-refractivity contribution >= 4 is 10.0 Å². The lowest BCUT2D eigenvalue weighted by molar-refractivity contribution is 0.0602. The van der Waals surface area contributed by atoms with Crippen molar-refractivity contribution in [3.63, 3.8) is 0 Å². The van der Waals surface area contributed by atoms with Gasteiger partial charge in [0.25, 0.3) is 0 Å². The maximum absolute atomic E-state index is 11.7. The highest BCUT2D eigenvalue weighted by Crippen LogP contribution is 2.19. The predicted octanol–water partition coefficient (Wildman–Crippen LogP) is -0.335. The smallest absolute Gasteiger partial charge is 0.216 e. The van der Waals surface area contributed by atoms with E-state index in [0.717, 1.165) is 0 Å². The molecule has 0 aliphatic carbocycles. The monoisotopic (exact) mass is 237 g/mol. The fourth-order valence-corrected chi connectivity index (χ4v) is 2.99. The van der Waals surface area contributed by atoms with Crippen molar-refractivity contribution in [2.45, 2.75) is 19.4 Å². The average molecular weight is 237 g/mol. The third kappa shape index (κ3) is 3.41. The first kappa shape index (κ1) is 12.9. The molecular weight excluding hydrogens is 218 g/mol. The zero-order chi connectivity index (χ0) is 11.5. The standard InChI is InChI=1S/C9H19NO4S/c1-8-3-4-10(7-9(8)11)15(12,13)6-5-14-2/h8-9,11H,3-7H2,1-2H3. The Labute approximate surface area is 91.1 Å². The first-order chi connectivity index (χ1) is 6.97. The van der Waals surface area contributed by atoms with Gasteiger partial charge < -0.3 is 9.84 Å². The second kappa shape index (κ2) is 5.25. The highest BCUT2D eigenvalue weighted by molar-refractivity contribution is 7.89. The van der Waals surface area contributed by atoms with E-state index in [2.05, 4.69) is 0 Å². The molecule has 1 aliphatic rings. The average Bonchev–Trinajstić information content (AvgIpc) is 2.19. The minimum Gasteiger partial charge on any atom is -0.391 e. The van der Waals surface area contributed by atoms with Gasteiger partial charge in [0.1, 0.15) is 0 Å². The summed E-state index contributed by atoms with van der Waals surface area (Å²) < 4.78 is 29.6. The molecule has 1 rings (SSSR count). The fourth-order valence-electron chi connectivity index (χ4n) is 1.59. The molecule has 5 nitrogen and oxygen atoms in total. The highest BCUT2D eigenvalue weighted by atomic mass is 32.2. The van der Waals surface area contributed by atoms with Gasteiger partial charge in [-0.05, 0) is 12.3 Å². The van der Waals surface area contributed by atoms with Crippen LogP contribution in [0.4, 0.5) is 0 Å². The van der Waals surface area contributed by atoms with Crippen molar-refractivity contribution in [1.82, 2.24) is 4.31 Å². The number of hydrogen-bond donors (Lipinski definition) is 1. The number of aliphatic hydroxyl groups excluding tert-OH is 1. The van der Waals surface area contributed by atoms with Gasteiger partial charge in [-0.1, -0.05) is 6.92 Å². The molecule has 2 unspecified atom stereocenters. The Hall–Kier alpha value is -0.170. The van der Waals surface area contributed by atoms with Crippen LogP contribution in [0.2, 0.25) is 0 Å². The summed E-state index contributed by atoms with van der Waals surface area (Å²) in [7, 11) is -1.78. The summed E-state index contributed by atoms with van der Waals surface area (Å²) in [4.78, 5) is 0. The number of methoxy groups -OCH3 is 1. The summed E-state index contributed by atoms with van der Waals surface area (Å²) in [5.41, 5.74) is 0. The Balaban J connectivity index is 2.57. The van der Waals surface area contributed by atoms with Crippen LogP contribution in [0.3, 0.4) is 0 Å². The summed E-state index contributed by atoms with van der Waals surface area (Å²) in [6.07, 6.45) is 0.170. The molecule has 0 radical (unpaired) electrons. The van der Waals surface area contributed by atoms with Crippen LogP contribution in [0, 0.1) is 5.92 Å². The number of ether oxygens (including phenoxy) is 1. The van der Waals surface area contributed by atoms with Crippen molar-refractivity contribution in [2.75, 3.05) is 32.6 Å². The second-order valence-corrected chi connectivity index (χ2v) is 6.09. The van der Waals surface area contributed by atoms with Gasteiger partial charge in [-0.25, -0.2) is 8.42 Å². The molecular formula is C9H19NO4S. The molecule has 1 saturated heterocycles. The molecule has 0 aromatic rings. The van der Waals surface area contributed by atoms with Crippen LogP contribution < -0.4 is 0 Å². The van der Waals surface area contributed by atoms with E-state index in [4.69, 9.17) is 4.74 Å². The van der Waals surface area contributed by atoms with E-state index in [1.54, 1.807) is 0 Å². The largest absolute Gasteiger partial charge is 0.391 e. The van der Waals surface area contributed by atoms with E-state index in [0.29, 0.717) is 13.0 Å². The molecule has 0 amide bonds. The molecule has 2 atom stereocenters. The molecule has 0 aromatic carbocycles. The number of piperidine rings is 1. The van der Waals surface area contributed by atoms with Crippen LogP contribution in [0.25, 0.3) is 0 Å². The Morgan fingerprint density at radius 2 is 2.20 bits per heavy atom. The number of sulfonamides is 1. The Morgan fingerprint density at radius 3 is 2.73 bits per heavy atom. The number of rotatable bonds is 4. The third-order valence-corrected chi connectivity index (χ3v) is 4.62. The first-order valence-electron chi connectivity index (χ1n) is 5.12. The van der Waals surface area contributed by atoms with Gasteiger partial charge in [-0.3, -0.25) is 0 Å². The van der Waals surface area contributed by atoms with Crippen molar-refractivity contribution in [2.24, 2.45) is 5.92 Å². The Morgan fingerprint density at radius 1 is 1.53 bits per heavy atom. The van der Waals surface area contributed by atoms with Gasteiger partial charge in [0, 0.05) is 20.2 Å². The highest BCUT2D eigenvalue weighted by Gasteiger charge is 2.31. The van der Waals surface area contributed by atoms with Crippen LogP contribution >= 0.6 is 0 Å². The quantitative estimate of drug-likeness (QED) is 0.727. The van der Waals surface area contributed by atoms with E-state index in [9.17, 15) is 13.5 Å². The van der Waals surface area contributed by atoms with Gasteiger partial charge in [-0.15, -0.1) is 0 Å². The zero-order valence-electron chi connectivity index (χ0n) is 9.22. The normalized spacial score (nSPS) is 29.3. The summed E-state index contributed by atoms with van der Waals surface area (Å²) >= 11 is 0. The summed E-state index contributed by atoms with van der Waals surface area (Å²) in [5.74, 6) is 0.170. The molecule has 0 aromatic heterocycles. The number of nitrogens with zero attached hydrogens (tertiary/aromatic N) is 1. The first-order valence-corrected chi connectivity index (χ1v) is 6.73. The molecule has 1 aliphatic heterocycles. The van der Waals surface area contributed by atoms with Crippen LogP contribution in [-0.4, -0.2) is 56.5 Å². The second-order valence-electron chi connectivity index (χ2n) is 4.00. The lowest BCUT2D eigenvalue weighted by Crippen LogP contribution is -2.46. The molecule has 1 heterocycles. The van der Waals surface area contributed by atoms with E-state index in [1.165, 1.54) is 11.4 Å². The van der Waals surface area contributed by atoms with Gasteiger partial charge in [0.2, 0.25) is 10.0 Å². The van der Waals surface area contributed by atoms with E-state index < -0.39 is 16.1 Å². The zero-order valence-corrected chi connectivity index (χ0v) is 10.0. The topological polar surface area (TPSA) is 66.8 Å². The van der Waals surface area contributed by atoms with Crippen molar-refractivity contribution in [3.05, 3.63) is 0 Å². The predicted molar refractivity (Wildman–Crippen MR) is 57.0 cm³/mol. The van der Waals surface area contributed by atoms with Gasteiger partial charge in [0.05, 0.1) is 18.5 Å². The van der Waals surface area contributed by atoms with Crippen molar-refractivity contribution in [3.8, 4) is 0 Å². The van der Waals surface area contributed by atoms with Crippen LogP contribution in [0.5, 0.6) is 0 Å². The van der Waals surface area contributed by atoms with E-state index in [1.807, 2.05) is 6.92 Å². The molecule has 6 heteroatoms. The minimum absolute atomic E-state index is 0.00932. The maximum Gasteiger partial charge on any atom is 0.216 e. The molecule has 1 fully saturated rings. The summed E-state index contributed by atoms with van der Waals surface area (Å²) in [5, 5.41) is 9.60. The summed E-state index contributed by atoms with van der Waals surface area (Å²) in [6, 6.07) is 0. The van der Waals surface area contributed by atoms with Gasteiger partial charge in [-0.2, -0.15) is 4.31 Å². The Kier molecular flexibility index (Phi) is 4.51. The molecule has 1 N–H and O–H groups in total. The van der Waals surface area contributed by atoms with Crippen LogP contribution in [0.15, 0.2) is 0 Å². The molecule has 0 bridgehead atoms. The van der Waals surface area contributed by atoms with E-state index in [-0.39, 0.29) is 24.8 Å². The van der Waals surface area contributed by atoms with Crippen LogP contribution in [0.1, 0.15) is 13.3 Å². The summed E-state index contributed by atoms with van der Waals surface area (Å²) in [6.45, 7) is 2.85. The molecule has 0 spiro atoms. The number of β-amino-alcohol motifs (C(OH)–C–C–N with tert-alkyl or cyclic N) is 1. The number of hydrogen-bond acceptors (Lipinski definition) is 4. The molecule has 15 heavy (non-hydrogen) atoms. The van der Waals surface area contributed by atoms with Crippen molar-refractivity contribution < 1.29 is 18.3 Å². The van der Waals surface area contributed by atoms with E-state index >= 15 is 0 Å². The van der Waals surface area contributed by atoms with Gasteiger partial charge >= 0.3 is 0 Å². The maximum atomic E-state index is 11.7. The molecule has 90 valence electrons.